The maximum atomic E-state index is 11.1. The van der Waals surface area contributed by atoms with Crippen molar-refractivity contribution in [2.45, 2.75) is 6.92 Å². The zero-order valence-corrected chi connectivity index (χ0v) is 8.08. The lowest BCUT2D eigenvalue weighted by atomic mass is 10.3. The predicted octanol–water partition coefficient (Wildman–Crippen LogP) is 2.16. The highest BCUT2D eigenvalue weighted by Crippen LogP contribution is 2.16. The number of nitrogens with zero attached hydrogens (tertiary/aromatic N) is 1. The van der Waals surface area contributed by atoms with Gasteiger partial charge in [0.1, 0.15) is 0 Å². The van der Waals surface area contributed by atoms with Crippen molar-refractivity contribution >= 4 is 24.1 Å². The summed E-state index contributed by atoms with van der Waals surface area (Å²) in [6.07, 6.45) is 0. The molecule has 0 aromatic heterocycles. The standard InChI is InChI=1S/C10H13N3O/c1-3-12-10(14)13-9-6-4-5-8(7-9)11-2/h4-7H,2-3H2,1H3,(H2,12,13,14). The average Bonchev–Trinajstić information content (AvgIpc) is 2.18. The molecule has 4 heteroatoms. The molecule has 1 rings (SSSR count). The molecule has 0 saturated carbocycles. The van der Waals surface area contributed by atoms with E-state index in [0.717, 1.165) is 5.69 Å². The first-order chi connectivity index (χ1) is 6.76. The van der Waals surface area contributed by atoms with Crippen molar-refractivity contribution < 1.29 is 4.79 Å². The predicted molar refractivity (Wildman–Crippen MR) is 58.3 cm³/mol. The summed E-state index contributed by atoms with van der Waals surface area (Å²) in [5.74, 6) is 0. The van der Waals surface area contributed by atoms with Gasteiger partial charge in [-0.05, 0) is 31.8 Å². The monoisotopic (exact) mass is 191 g/mol. The topological polar surface area (TPSA) is 53.5 Å². The van der Waals surface area contributed by atoms with Crippen LogP contribution in [0.5, 0.6) is 0 Å². The van der Waals surface area contributed by atoms with Crippen LogP contribution in [-0.2, 0) is 0 Å². The average molecular weight is 191 g/mol. The lowest BCUT2D eigenvalue weighted by molar-refractivity contribution is 0.252. The molecule has 74 valence electrons. The first kappa shape index (κ1) is 10.2. The van der Waals surface area contributed by atoms with Gasteiger partial charge in [0.25, 0.3) is 0 Å². The Labute approximate surface area is 83.0 Å². The first-order valence-electron chi connectivity index (χ1n) is 4.38. The minimum absolute atomic E-state index is 0.214. The van der Waals surface area contributed by atoms with Crippen LogP contribution in [0.1, 0.15) is 6.92 Å². The van der Waals surface area contributed by atoms with Crippen molar-refractivity contribution in [3.05, 3.63) is 24.3 Å². The molecule has 0 radical (unpaired) electrons. The number of hydrogen-bond acceptors (Lipinski definition) is 2. The second kappa shape index (κ2) is 5.01. The Morgan fingerprint density at radius 1 is 1.57 bits per heavy atom. The van der Waals surface area contributed by atoms with Gasteiger partial charge < -0.3 is 10.6 Å². The molecule has 2 N–H and O–H groups in total. The molecule has 0 bridgehead atoms. The van der Waals surface area contributed by atoms with Crippen LogP contribution in [0.4, 0.5) is 16.2 Å². The molecule has 0 spiro atoms. The highest BCUT2D eigenvalue weighted by atomic mass is 16.2. The lowest BCUT2D eigenvalue weighted by Crippen LogP contribution is -2.28. The van der Waals surface area contributed by atoms with Crippen LogP contribution < -0.4 is 10.6 Å². The molecular formula is C10H13N3O. The number of anilines is 1. The summed E-state index contributed by atoms with van der Waals surface area (Å²) in [7, 11) is 0. The fourth-order valence-corrected chi connectivity index (χ4v) is 1.02. The van der Waals surface area contributed by atoms with Crippen LogP contribution in [0.3, 0.4) is 0 Å². The summed E-state index contributed by atoms with van der Waals surface area (Å²) < 4.78 is 0. The van der Waals surface area contributed by atoms with Gasteiger partial charge in [0.2, 0.25) is 0 Å². The Kier molecular flexibility index (Phi) is 3.67. The van der Waals surface area contributed by atoms with E-state index in [0.29, 0.717) is 12.2 Å². The van der Waals surface area contributed by atoms with Crippen LogP contribution in [-0.4, -0.2) is 19.3 Å². The zero-order chi connectivity index (χ0) is 10.4. The third-order valence-electron chi connectivity index (χ3n) is 1.62. The Balaban J connectivity index is 2.66. The number of carbonyl (C=O) groups is 1. The number of hydrogen-bond donors (Lipinski definition) is 2. The fourth-order valence-electron chi connectivity index (χ4n) is 1.02. The lowest BCUT2D eigenvalue weighted by Gasteiger charge is -2.05. The molecule has 0 unspecified atom stereocenters. The molecule has 0 saturated heterocycles. The highest BCUT2D eigenvalue weighted by Gasteiger charge is 1.99. The van der Waals surface area contributed by atoms with Gasteiger partial charge in [-0.25, -0.2) is 4.79 Å². The normalized spacial score (nSPS) is 9.21. The quantitative estimate of drug-likeness (QED) is 0.707. The van der Waals surface area contributed by atoms with E-state index >= 15 is 0 Å². The Morgan fingerprint density at radius 2 is 2.36 bits per heavy atom. The van der Waals surface area contributed by atoms with Crippen molar-refractivity contribution in [3.63, 3.8) is 0 Å². The van der Waals surface area contributed by atoms with Gasteiger partial charge in [0, 0.05) is 12.2 Å². The second-order valence-electron chi connectivity index (χ2n) is 2.69. The molecule has 14 heavy (non-hydrogen) atoms. The SMILES string of the molecule is C=Nc1cccc(NC(=O)NCC)c1. The zero-order valence-electron chi connectivity index (χ0n) is 8.08. The van der Waals surface area contributed by atoms with Gasteiger partial charge in [-0.1, -0.05) is 6.07 Å². The van der Waals surface area contributed by atoms with E-state index in [2.05, 4.69) is 22.3 Å². The second-order valence-corrected chi connectivity index (χ2v) is 2.69. The molecule has 1 aromatic rings. The van der Waals surface area contributed by atoms with E-state index in [1.807, 2.05) is 19.1 Å². The van der Waals surface area contributed by atoms with E-state index in [9.17, 15) is 4.79 Å². The van der Waals surface area contributed by atoms with Crippen LogP contribution in [0.2, 0.25) is 0 Å². The number of aliphatic imine (C=N–C) groups is 1. The molecule has 1 aromatic carbocycles. The van der Waals surface area contributed by atoms with Crippen LogP contribution in [0.15, 0.2) is 29.3 Å². The van der Waals surface area contributed by atoms with Gasteiger partial charge in [-0.15, -0.1) is 0 Å². The van der Waals surface area contributed by atoms with Crippen LogP contribution >= 0.6 is 0 Å². The van der Waals surface area contributed by atoms with E-state index in [-0.39, 0.29) is 6.03 Å². The Bertz CT molecular complexity index is 336. The molecule has 0 aliphatic carbocycles. The van der Waals surface area contributed by atoms with Crippen molar-refractivity contribution in [3.8, 4) is 0 Å². The summed E-state index contributed by atoms with van der Waals surface area (Å²) in [6, 6.07) is 6.96. The van der Waals surface area contributed by atoms with Gasteiger partial charge in [0.05, 0.1) is 5.69 Å². The summed E-state index contributed by atoms with van der Waals surface area (Å²) in [5, 5.41) is 5.31. The number of rotatable bonds is 3. The van der Waals surface area contributed by atoms with E-state index in [1.54, 1.807) is 12.1 Å². The van der Waals surface area contributed by atoms with E-state index in [1.165, 1.54) is 0 Å². The number of urea groups is 1. The third kappa shape index (κ3) is 2.90. The van der Waals surface area contributed by atoms with Crippen molar-refractivity contribution in [2.24, 2.45) is 4.99 Å². The fraction of sp³-hybridized carbons (Fsp3) is 0.200. The van der Waals surface area contributed by atoms with Crippen LogP contribution in [0, 0.1) is 0 Å². The number of carbonyl (C=O) groups excluding carboxylic acids is 1. The molecule has 0 aliphatic heterocycles. The molecule has 0 aliphatic rings. The van der Waals surface area contributed by atoms with Crippen LogP contribution in [0.25, 0.3) is 0 Å². The smallest absolute Gasteiger partial charge is 0.319 e. The van der Waals surface area contributed by atoms with E-state index < -0.39 is 0 Å². The van der Waals surface area contributed by atoms with Crippen molar-refractivity contribution in [1.29, 1.82) is 0 Å². The summed E-state index contributed by atoms with van der Waals surface area (Å²) >= 11 is 0. The maximum absolute atomic E-state index is 11.1. The van der Waals surface area contributed by atoms with Gasteiger partial charge in [-0.3, -0.25) is 4.99 Å². The first-order valence-corrected chi connectivity index (χ1v) is 4.38. The molecule has 0 fully saturated rings. The summed E-state index contributed by atoms with van der Waals surface area (Å²) in [4.78, 5) is 14.9. The number of nitrogens with one attached hydrogen (secondary N) is 2. The van der Waals surface area contributed by atoms with Gasteiger partial charge in [0.15, 0.2) is 0 Å². The van der Waals surface area contributed by atoms with Crippen molar-refractivity contribution in [1.82, 2.24) is 5.32 Å². The van der Waals surface area contributed by atoms with E-state index in [4.69, 9.17) is 0 Å². The van der Waals surface area contributed by atoms with Gasteiger partial charge in [-0.2, -0.15) is 0 Å². The third-order valence-corrected chi connectivity index (χ3v) is 1.62. The number of amides is 2. The Hall–Kier alpha value is -1.84. The minimum atomic E-state index is -0.214. The summed E-state index contributed by atoms with van der Waals surface area (Å²) in [5.41, 5.74) is 1.44. The van der Waals surface area contributed by atoms with Crippen molar-refractivity contribution in [2.75, 3.05) is 11.9 Å². The minimum Gasteiger partial charge on any atom is -0.338 e. The Morgan fingerprint density at radius 3 is 3.00 bits per heavy atom. The molecule has 0 atom stereocenters. The molecule has 0 heterocycles. The largest absolute Gasteiger partial charge is 0.338 e. The number of benzene rings is 1. The molecule has 4 nitrogen and oxygen atoms in total. The highest BCUT2D eigenvalue weighted by molar-refractivity contribution is 5.89. The molecule has 2 amide bonds. The van der Waals surface area contributed by atoms with Gasteiger partial charge >= 0.3 is 6.03 Å². The molecular weight excluding hydrogens is 178 g/mol. The summed E-state index contributed by atoms with van der Waals surface area (Å²) in [6.45, 7) is 5.87. The maximum Gasteiger partial charge on any atom is 0.319 e.